The quantitative estimate of drug-likeness (QED) is 0.786. The second-order valence-electron chi connectivity index (χ2n) is 7.36. The van der Waals surface area contributed by atoms with Crippen LogP contribution >= 0.6 is 0 Å². The Morgan fingerprint density at radius 3 is 2.81 bits per heavy atom. The summed E-state index contributed by atoms with van der Waals surface area (Å²) in [5, 5.41) is 6.38. The smallest absolute Gasteiger partial charge is 0.161 e. The van der Waals surface area contributed by atoms with Gasteiger partial charge < -0.3 is 20.3 Å². The number of rotatable bonds is 2. The fourth-order valence-corrected chi connectivity index (χ4v) is 4.63. The van der Waals surface area contributed by atoms with Crippen molar-refractivity contribution in [3.05, 3.63) is 52.8 Å². The number of nitrogens with one attached hydrogen (secondary N) is 2. The molecule has 2 aromatic rings. The van der Waals surface area contributed by atoms with Crippen molar-refractivity contribution in [3.8, 4) is 0 Å². The monoisotopic (exact) mass is 375 g/mol. The Morgan fingerprint density at radius 1 is 1.07 bits per heavy atom. The number of hydrogen-bond acceptors (Lipinski definition) is 4. The molecule has 0 aromatic heterocycles. The van der Waals surface area contributed by atoms with Gasteiger partial charge in [0.1, 0.15) is 5.82 Å². The molecule has 0 bridgehead atoms. The number of ether oxygens (including phenoxy) is 1. The third kappa shape index (κ3) is 2.76. The fourth-order valence-electron chi connectivity index (χ4n) is 4.63. The van der Waals surface area contributed by atoms with Gasteiger partial charge in [0.2, 0.25) is 0 Å². The van der Waals surface area contributed by atoms with Gasteiger partial charge in [-0.2, -0.15) is 0 Å². The Morgan fingerprint density at radius 2 is 1.93 bits per heavy atom. The van der Waals surface area contributed by atoms with E-state index in [-0.39, 0.29) is 5.69 Å². The first kappa shape index (κ1) is 16.9. The maximum absolute atomic E-state index is 14.1. The van der Waals surface area contributed by atoms with Crippen LogP contribution in [0.2, 0.25) is 0 Å². The van der Waals surface area contributed by atoms with Crippen molar-refractivity contribution in [3.63, 3.8) is 0 Å². The summed E-state index contributed by atoms with van der Waals surface area (Å²) in [6.07, 6.45) is 1.07. The molecular formula is C20H20F3N3O. The highest BCUT2D eigenvalue weighted by molar-refractivity contribution is 5.74. The molecule has 3 aliphatic heterocycles. The first-order valence-corrected chi connectivity index (χ1v) is 9.25. The lowest BCUT2D eigenvalue weighted by molar-refractivity contribution is 0.130. The topological polar surface area (TPSA) is 36.5 Å². The van der Waals surface area contributed by atoms with Gasteiger partial charge in [0, 0.05) is 54.1 Å². The second-order valence-corrected chi connectivity index (χ2v) is 7.36. The molecule has 2 atom stereocenters. The molecule has 0 unspecified atom stereocenters. The van der Waals surface area contributed by atoms with Crippen molar-refractivity contribution in [2.24, 2.45) is 0 Å². The minimum Gasteiger partial charge on any atom is -0.375 e. The van der Waals surface area contributed by atoms with Gasteiger partial charge in [-0.1, -0.05) is 0 Å². The maximum Gasteiger partial charge on any atom is 0.161 e. The summed E-state index contributed by atoms with van der Waals surface area (Å²) >= 11 is 0. The van der Waals surface area contributed by atoms with Crippen LogP contribution in [0.15, 0.2) is 24.3 Å². The van der Waals surface area contributed by atoms with E-state index in [2.05, 4.69) is 15.5 Å². The zero-order chi connectivity index (χ0) is 18.5. The van der Waals surface area contributed by atoms with Gasteiger partial charge >= 0.3 is 0 Å². The van der Waals surface area contributed by atoms with E-state index in [4.69, 9.17) is 4.74 Å². The standard InChI is InChI=1S/C20H20F3N3O/c21-15-7-17(23)18(8-16(15)22)25-12-5-11-10-27-4-3-26-19-1-2-24-9-14(19)13(6-12)20(11)26/h5-8,14,19,24-25H,1-4,9-10H2/t14-,19-/m0/s1. The highest BCUT2D eigenvalue weighted by Crippen LogP contribution is 2.47. The first-order valence-electron chi connectivity index (χ1n) is 9.25. The minimum atomic E-state index is -1.20. The van der Waals surface area contributed by atoms with Crippen LogP contribution in [0, 0.1) is 17.5 Å². The Hall–Kier alpha value is -2.25. The van der Waals surface area contributed by atoms with Crippen molar-refractivity contribution in [2.45, 2.75) is 25.0 Å². The molecular weight excluding hydrogens is 355 g/mol. The van der Waals surface area contributed by atoms with E-state index in [9.17, 15) is 13.2 Å². The molecule has 3 heterocycles. The lowest BCUT2D eigenvalue weighted by Gasteiger charge is -2.33. The highest BCUT2D eigenvalue weighted by Gasteiger charge is 2.41. The lowest BCUT2D eigenvalue weighted by atomic mass is 9.89. The molecule has 4 nitrogen and oxygen atoms in total. The largest absolute Gasteiger partial charge is 0.375 e. The van der Waals surface area contributed by atoms with Gasteiger partial charge in [-0.3, -0.25) is 0 Å². The molecule has 3 aliphatic rings. The number of piperidine rings is 1. The van der Waals surface area contributed by atoms with E-state index < -0.39 is 17.5 Å². The molecule has 1 fully saturated rings. The van der Waals surface area contributed by atoms with Crippen molar-refractivity contribution in [1.29, 1.82) is 0 Å². The Balaban J connectivity index is 1.57. The zero-order valence-corrected chi connectivity index (χ0v) is 14.7. The van der Waals surface area contributed by atoms with Crippen LogP contribution in [-0.2, 0) is 11.3 Å². The average molecular weight is 375 g/mol. The van der Waals surface area contributed by atoms with E-state index in [1.807, 2.05) is 12.1 Å². The summed E-state index contributed by atoms with van der Waals surface area (Å²) in [6.45, 7) is 3.92. The van der Waals surface area contributed by atoms with Crippen molar-refractivity contribution in [2.75, 3.05) is 36.5 Å². The van der Waals surface area contributed by atoms with E-state index in [1.165, 1.54) is 11.3 Å². The van der Waals surface area contributed by atoms with Crippen LogP contribution < -0.4 is 15.5 Å². The number of benzene rings is 2. The number of hydrogen-bond donors (Lipinski definition) is 2. The van der Waals surface area contributed by atoms with Crippen LogP contribution in [-0.4, -0.2) is 32.3 Å². The van der Waals surface area contributed by atoms with Crippen LogP contribution in [0.4, 0.5) is 30.2 Å². The molecule has 27 heavy (non-hydrogen) atoms. The summed E-state index contributed by atoms with van der Waals surface area (Å²) in [7, 11) is 0. The number of halogens is 3. The van der Waals surface area contributed by atoms with Crippen molar-refractivity contribution >= 4 is 17.1 Å². The Bertz CT molecular complexity index is 905. The van der Waals surface area contributed by atoms with E-state index >= 15 is 0 Å². The summed E-state index contributed by atoms with van der Waals surface area (Å²) in [5.74, 6) is -2.74. The van der Waals surface area contributed by atoms with E-state index in [1.54, 1.807) is 0 Å². The van der Waals surface area contributed by atoms with Crippen LogP contribution in [0.3, 0.4) is 0 Å². The van der Waals surface area contributed by atoms with Gasteiger partial charge in [0.15, 0.2) is 11.6 Å². The third-order valence-corrected chi connectivity index (χ3v) is 5.77. The molecule has 1 saturated heterocycles. The Kier molecular flexibility index (Phi) is 4.02. The van der Waals surface area contributed by atoms with E-state index in [0.717, 1.165) is 37.7 Å². The molecule has 0 amide bonds. The average Bonchev–Trinajstić information content (AvgIpc) is 2.82. The summed E-state index contributed by atoms with van der Waals surface area (Å²) in [4.78, 5) is 2.45. The third-order valence-electron chi connectivity index (χ3n) is 5.77. The van der Waals surface area contributed by atoms with Gasteiger partial charge in [0.25, 0.3) is 0 Å². The van der Waals surface area contributed by atoms with Gasteiger partial charge in [-0.05, 0) is 30.7 Å². The van der Waals surface area contributed by atoms with E-state index in [0.29, 0.717) is 36.9 Å². The highest BCUT2D eigenvalue weighted by atomic mass is 19.2. The summed E-state index contributed by atoms with van der Waals surface area (Å²) in [6, 6.07) is 5.78. The summed E-state index contributed by atoms with van der Waals surface area (Å²) in [5.41, 5.74) is 4.06. The number of nitrogens with zero attached hydrogens (tertiary/aromatic N) is 1. The van der Waals surface area contributed by atoms with Crippen LogP contribution in [0.5, 0.6) is 0 Å². The molecule has 142 valence electrons. The normalized spacial score (nSPS) is 23.6. The van der Waals surface area contributed by atoms with Gasteiger partial charge in [0.05, 0.1) is 18.9 Å². The molecule has 0 aliphatic carbocycles. The fraction of sp³-hybridized carbons (Fsp3) is 0.400. The zero-order valence-electron chi connectivity index (χ0n) is 14.7. The molecule has 0 spiro atoms. The maximum atomic E-state index is 14.1. The minimum absolute atomic E-state index is 0.0798. The van der Waals surface area contributed by atoms with Crippen LogP contribution in [0.1, 0.15) is 23.5 Å². The molecule has 0 radical (unpaired) electrons. The molecule has 7 heteroatoms. The SMILES string of the molecule is Fc1cc(F)c(Nc2cc3c4c(c2)[C@@H]2CNCC[C@@H]2N4CCOC3)cc1F. The Labute approximate surface area is 155 Å². The number of anilines is 3. The van der Waals surface area contributed by atoms with Gasteiger partial charge in [-0.15, -0.1) is 0 Å². The number of fused-ring (bicyclic) bond motifs is 3. The van der Waals surface area contributed by atoms with Crippen molar-refractivity contribution in [1.82, 2.24) is 5.32 Å². The van der Waals surface area contributed by atoms with Crippen LogP contribution in [0.25, 0.3) is 0 Å². The van der Waals surface area contributed by atoms with Crippen molar-refractivity contribution < 1.29 is 17.9 Å². The second kappa shape index (κ2) is 6.42. The molecule has 5 rings (SSSR count). The first-order chi connectivity index (χ1) is 13.1. The summed E-state index contributed by atoms with van der Waals surface area (Å²) < 4.78 is 46.6. The lowest BCUT2D eigenvalue weighted by Crippen LogP contribution is -2.44. The van der Waals surface area contributed by atoms with Gasteiger partial charge in [-0.25, -0.2) is 13.2 Å². The predicted octanol–water partition coefficient (Wildman–Crippen LogP) is 3.64. The molecule has 2 N–H and O–H groups in total. The molecule has 2 aromatic carbocycles. The molecule has 0 saturated carbocycles. The predicted molar refractivity (Wildman–Crippen MR) is 97.1 cm³/mol.